The second-order valence-electron chi connectivity index (χ2n) is 10.7. The molecule has 45 heavy (non-hydrogen) atoms. The van der Waals surface area contributed by atoms with Crippen molar-refractivity contribution in [3.8, 4) is 11.8 Å². The van der Waals surface area contributed by atoms with E-state index < -0.39 is 45.8 Å². The quantitative estimate of drug-likeness (QED) is 0.266. The molecule has 238 valence electrons. The topological polar surface area (TPSA) is 114 Å². The van der Waals surface area contributed by atoms with Crippen LogP contribution in [-0.2, 0) is 11.0 Å². The van der Waals surface area contributed by atoms with Crippen LogP contribution in [0.15, 0.2) is 41.6 Å². The zero-order chi connectivity index (χ0) is 32.6. The summed E-state index contributed by atoms with van der Waals surface area (Å²) in [5.41, 5.74) is -2.85. The molecule has 0 bridgehead atoms. The van der Waals surface area contributed by atoms with Crippen molar-refractivity contribution in [3.05, 3.63) is 57.7 Å². The second-order valence-corrected chi connectivity index (χ2v) is 11.2. The van der Waals surface area contributed by atoms with Gasteiger partial charge in [0, 0.05) is 38.8 Å². The zero-order valence-corrected chi connectivity index (χ0v) is 25.3. The number of nitriles is 1. The highest BCUT2D eigenvalue weighted by Gasteiger charge is 2.39. The lowest BCUT2D eigenvalue weighted by atomic mass is 10.1. The number of hydrogen-bond donors (Lipinski definition) is 0. The molecule has 1 atom stereocenters. The zero-order valence-electron chi connectivity index (χ0n) is 24.6. The molecule has 16 heteroatoms. The van der Waals surface area contributed by atoms with E-state index in [0.29, 0.717) is 17.8 Å². The highest BCUT2D eigenvalue weighted by molar-refractivity contribution is 6.31. The third kappa shape index (κ3) is 6.04. The number of nitrogens with zero attached hydrogens (tertiary/aromatic N) is 9. The summed E-state index contributed by atoms with van der Waals surface area (Å²) in [4.78, 5) is 42.7. The van der Waals surface area contributed by atoms with Crippen LogP contribution in [0.5, 0.6) is 0 Å². The molecule has 2 aliphatic rings. The fourth-order valence-electron chi connectivity index (χ4n) is 5.86. The molecule has 0 spiro atoms. The molecular formula is C29H30ClF4N9O2. The monoisotopic (exact) mass is 647 g/mol. The Morgan fingerprint density at radius 1 is 1.16 bits per heavy atom. The van der Waals surface area contributed by atoms with Crippen LogP contribution in [0.25, 0.3) is 16.6 Å². The first-order valence-electron chi connectivity index (χ1n) is 14.3. The van der Waals surface area contributed by atoms with E-state index in [2.05, 4.69) is 35.4 Å². The molecule has 0 N–H and O–H groups in total. The number of piperazine rings is 1. The number of hydrogen-bond acceptors (Lipinski definition) is 9. The van der Waals surface area contributed by atoms with Gasteiger partial charge in [-0.05, 0) is 25.2 Å². The van der Waals surface area contributed by atoms with Crippen molar-refractivity contribution in [2.75, 3.05) is 55.6 Å². The van der Waals surface area contributed by atoms with E-state index in [9.17, 15) is 32.4 Å². The molecule has 2 saturated heterocycles. The molecule has 2 aromatic heterocycles. The Labute approximate surface area is 260 Å². The summed E-state index contributed by atoms with van der Waals surface area (Å²) in [5.74, 6) is -1.61. The highest BCUT2D eigenvalue weighted by atomic mass is 35.5. The fraction of sp³-hybridized carbons (Fsp3) is 0.448. The van der Waals surface area contributed by atoms with Gasteiger partial charge in [0.05, 0.1) is 46.4 Å². The maximum absolute atomic E-state index is 14.0. The number of benzene rings is 1. The predicted molar refractivity (Wildman–Crippen MR) is 160 cm³/mol. The van der Waals surface area contributed by atoms with E-state index in [1.807, 2.05) is 11.0 Å². The number of alkyl halides is 3. The minimum atomic E-state index is -4.87. The van der Waals surface area contributed by atoms with Crippen LogP contribution in [0, 0.1) is 11.3 Å². The molecule has 3 aromatic rings. The van der Waals surface area contributed by atoms with Gasteiger partial charge in [0.15, 0.2) is 5.83 Å². The Hall–Kier alpha value is -4.29. The summed E-state index contributed by atoms with van der Waals surface area (Å²) in [6.07, 6.45) is -3.77. The standard InChI is InChI=1S/C29H30ClF4N9O2/c1-4-39(5-2)19-15-41(16-19)28-37-24-20(13-36-43(27(24)45)22-8-6-7-21(30)23(22)29(32,33)34)25(38-28)40-11-12-42(26(44)17(3)31)18(14-40)9-10-35/h6-8,13,18-19H,3-5,9,11-12,14-16H2,1-2H3. The molecule has 0 aliphatic carbocycles. The minimum absolute atomic E-state index is 0.0324. The smallest absolute Gasteiger partial charge is 0.352 e. The van der Waals surface area contributed by atoms with Gasteiger partial charge in [-0.1, -0.05) is 38.1 Å². The Morgan fingerprint density at radius 2 is 1.87 bits per heavy atom. The van der Waals surface area contributed by atoms with Gasteiger partial charge >= 0.3 is 6.18 Å². The lowest BCUT2D eigenvalue weighted by molar-refractivity contribution is -0.137. The Balaban J connectivity index is 1.64. The molecule has 5 rings (SSSR count). The van der Waals surface area contributed by atoms with Gasteiger partial charge in [0.1, 0.15) is 11.3 Å². The van der Waals surface area contributed by atoms with Crippen LogP contribution in [-0.4, -0.2) is 93.4 Å². The Morgan fingerprint density at radius 3 is 2.49 bits per heavy atom. The molecule has 0 saturated carbocycles. The van der Waals surface area contributed by atoms with Crippen LogP contribution in [0.3, 0.4) is 0 Å². The van der Waals surface area contributed by atoms with E-state index in [4.69, 9.17) is 16.6 Å². The number of anilines is 2. The largest absolute Gasteiger partial charge is 0.419 e. The average Bonchev–Trinajstić information content (AvgIpc) is 2.97. The first kappa shape index (κ1) is 32.1. The highest BCUT2D eigenvalue weighted by Crippen LogP contribution is 2.38. The molecule has 1 aromatic carbocycles. The van der Waals surface area contributed by atoms with Gasteiger partial charge < -0.3 is 14.7 Å². The third-order valence-corrected chi connectivity index (χ3v) is 8.51. The van der Waals surface area contributed by atoms with Crippen molar-refractivity contribution in [2.24, 2.45) is 0 Å². The van der Waals surface area contributed by atoms with Crippen LogP contribution < -0.4 is 15.4 Å². The summed E-state index contributed by atoms with van der Waals surface area (Å²) in [6.45, 7) is 10.3. The summed E-state index contributed by atoms with van der Waals surface area (Å²) < 4.78 is 56.4. The number of carbonyl (C=O) groups is 1. The van der Waals surface area contributed by atoms with Crippen LogP contribution in [0.2, 0.25) is 5.02 Å². The third-order valence-electron chi connectivity index (χ3n) is 8.19. The van der Waals surface area contributed by atoms with Crippen molar-refractivity contribution < 1.29 is 22.4 Å². The summed E-state index contributed by atoms with van der Waals surface area (Å²) >= 11 is 5.92. The number of fused-ring (bicyclic) bond motifs is 1. The molecule has 0 radical (unpaired) electrons. The van der Waals surface area contributed by atoms with Gasteiger partial charge in [-0.3, -0.25) is 14.5 Å². The number of aromatic nitrogens is 4. The molecule has 1 unspecified atom stereocenters. The van der Waals surface area contributed by atoms with Crippen molar-refractivity contribution in [1.82, 2.24) is 29.5 Å². The summed E-state index contributed by atoms with van der Waals surface area (Å²) in [7, 11) is 0. The number of likely N-dealkylation sites (N-methyl/N-ethyl adjacent to an activating group) is 1. The van der Waals surface area contributed by atoms with Crippen LogP contribution >= 0.6 is 11.6 Å². The van der Waals surface area contributed by atoms with Crippen molar-refractivity contribution in [2.45, 2.75) is 38.5 Å². The van der Waals surface area contributed by atoms with E-state index in [1.54, 1.807) is 4.90 Å². The van der Waals surface area contributed by atoms with E-state index in [1.165, 1.54) is 17.2 Å². The lowest BCUT2D eigenvalue weighted by Crippen LogP contribution is -2.60. The van der Waals surface area contributed by atoms with E-state index in [-0.39, 0.29) is 54.8 Å². The lowest BCUT2D eigenvalue weighted by Gasteiger charge is -2.45. The molecule has 1 amide bonds. The number of halogens is 5. The van der Waals surface area contributed by atoms with E-state index in [0.717, 1.165) is 25.2 Å². The Bertz CT molecular complexity index is 1730. The molecular weight excluding hydrogens is 618 g/mol. The normalized spacial score (nSPS) is 17.5. The summed E-state index contributed by atoms with van der Waals surface area (Å²) in [5, 5.41) is 13.1. The van der Waals surface area contributed by atoms with Gasteiger partial charge in [0.25, 0.3) is 11.5 Å². The van der Waals surface area contributed by atoms with Gasteiger partial charge in [-0.25, -0.2) is 9.37 Å². The maximum atomic E-state index is 14.0. The molecule has 11 nitrogen and oxygen atoms in total. The molecule has 2 aliphatic heterocycles. The molecule has 4 heterocycles. The van der Waals surface area contributed by atoms with Crippen molar-refractivity contribution >= 4 is 40.2 Å². The maximum Gasteiger partial charge on any atom is 0.419 e. The van der Waals surface area contributed by atoms with Crippen molar-refractivity contribution in [1.29, 1.82) is 5.26 Å². The average molecular weight is 648 g/mol. The SMILES string of the molecule is C=C(F)C(=O)N1CCN(c2nc(N3CC(N(CC)CC)C3)nc3c(=O)n(-c4cccc(Cl)c4C(F)(F)F)ncc23)CC1CC#N. The van der Waals surface area contributed by atoms with E-state index >= 15 is 0 Å². The van der Waals surface area contributed by atoms with Crippen LogP contribution in [0.1, 0.15) is 25.8 Å². The van der Waals surface area contributed by atoms with Gasteiger partial charge in [-0.2, -0.15) is 33.2 Å². The number of carbonyl (C=O) groups excluding carboxylic acids is 1. The number of rotatable bonds is 8. The van der Waals surface area contributed by atoms with Gasteiger partial charge in [-0.15, -0.1) is 0 Å². The first-order valence-corrected chi connectivity index (χ1v) is 14.7. The fourth-order valence-corrected chi connectivity index (χ4v) is 6.14. The summed E-state index contributed by atoms with van der Waals surface area (Å²) in [6, 6.07) is 4.99. The number of amides is 1. The Kier molecular flexibility index (Phi) is 8.99. The molecule has 2 fully saturated rings. The van der Waals surface area contributed by atoms with Crippen molar-refractivity contribution in [3.63, 3.8) is 0 Å². The van der Waals surface area contributed by atoms with Gasteiger partial charge in [0.2, 0.25) is 5.95 Å². The second kappa shape index (κ2) is 12.6. The minimum Gasteiger partial charge on any atom is -0.352 e. The van der Waals surface area contributed by atoms with Crippen LogP contribution in [0.4, 0.5) is 29.3 Å². The first-order chi connectivity index (χ1) is 21.4. The predicted octanol–water partition coefficient (Wildman–Crippen LogP) is 3.79.